The van der Waals surface area contributed by atoms with E-state index in [1.54, 1.807) is 39.3 Å². The Kier molecular flexibility index (Phi) is 6.14. The number of amides is 1. The summed E-state index contributed by atoms with van der Waals surface area (Å²) >= 11 is 0. The first-order valence-electron chi connectivity index (χ1n) is 8.54. The Morgan fingerprint density at radius 3 is 2.12 bits per heavy atom. The Morgan fingerprint density at radius 1 is 0.962 bits per heavy atom. The van der Waals surface area contributed by atoms with Crippen molar-refractivity contribution >= 4 is 11.6 Å². The van der Waals surface area contributed by atoms with Crippen LogP contribution < -0.4 is 19.5 Å². The van der Waals surface area contributed by atoms with Crippen molar-refractivity contribution in [2.45, 2.75) is 39.2 Å². The zero-order valence-corrected chi connectivity index (χ0v) is 16.3. The van der Waals surface area contributed by atoms with E-state index in [9.17, 15) is 4.79 Å². The molecule has 5 nitrogen and oxygen atoms in total. The van der Waals surface area contributed by atoms with E-state index in [0.717, 1.165) is 0 Å². The number of benzene rings is 2. The summed E-state index contributed by atoms with van der Waals surface area (Å²) < 4.78 is 16.2. The van der Waals surface area contributed by atoms with Crippen molar-refractivity contribution in [3.05, 3.63) is 48.0 Å². The Balaban J connectivity index is 2.06. The maximum absolute atomic E-state index is 12.5. The minimum atomic E-state index is -0.661. The lowest BCUT2D eigenvalue weighted by Gasteiger charge is -2.20. The topological polar surface area (TPSA) is 56.8 Å². The average molecular weight is 357 g/mol. The van der Waals surface area contributed by atoms with Crippen LogP contribution in [0.4, 0.5) is 5.69 Å². The highest BCUT2D eigenvalue weighted by molar-refractivity contribution is 5.95. The Hall–Kier alpha value is -2.69. The van der Waals surface area contributed by atoms with Crippen LogP contribution in [0.1, 0.15) is 33.3 Å². The predicted molar refractivity (Wildman–Crippen MR) is 103 cm³/mol. The van der Waals surface area contributed by atoms with E-state index in [1.807, 2.05) is 24.3 Å². The summed E-state index contributed by atoms with van der Waals surface area (Å²) in [5.74, 6) is 1.57. The highest BCUT2D eigenvalue weighted by atomic mass is 16.5. The zero-order valence-electron chi connectivity index (χ0n) is 16.3. The van der Waals surface area contributed by atoms with Gasteiger partial charge in [-0.1, -0.05) is 32.9 Å². The van der Waals surface area contributed by atoms with E-state index in [2.05, 4.69) is 26.1 Å². The first-order valence-corrected chi connectivity index (χ1v) is 8.54. The van der Waals surface area contributed by atoms with Crippen LogP contribution in [0.3, 0.4) is 0 Å². The van der Waals surface area contributed by atoms with Gasteiger partial charge in [-0.25, -0.2) is 0 Å². The normalized spacial score (nSPS) is 12.2. The fourth-order valence-electron chi connectivity index (χ4n) is 2.44. The minimum Gasteiger partial charge on any atom is -0.497 e. The van der Waals surface area contributed by atoms with Gasteiger partial charge < -0.3 is 19.5 Å². The number of rotatable bonds is 6. The molecule has 140 valence electrons. The summed E-state index contributed by atoms with van der Waals surface area (Å²) in [6, 6.07) is 13.0. The summed E-state index contributed by atoms with van der Waals surface area (Å²) in [5, 5.41) is 2.82. The van der Waals surface area contributed by atoms with E-state index < -0.39 is 6.10 Å². The molecule has 0 aliphatic heterocycles. The van der Waals surface area contributed by atoms with Gasteiger partial charge in [0.2, 0.25) is 0 Å². The smallest absolute Gasteiger partial charge is 0.265 e. The van der Waals surface area contributed by atoms with E-state index >= 15 is 0 Å². The molecule has 0 saturated carbocycles. The van der Waals surface area contributed by atoms with Gasteiger partial charge in [0, 0.05) is 6.07 Å². The van der Waals surface area contributed by atoms with Gasteiger partial charge in [0.1, 0.15) is 17.2 Å². The van der Waals surface area contributed by atoms with Gasteiger partial charge in [-0.15, -0.1) is 0 Å². The van der Waals surface area contributed by atoms with Crippen LogP contribution in [0.5, 0.6) is 17.2 Å². The maximum Gasteiger partial charge on any atom is 0.265 e. The minimum absolute atomic E-state index is 0.0738. The highest BCUT2D eigenvalue weighted by Crippen LogP contribution is 2.29. The van der Waals surface area contributed by atoms with Crippen molar-refractivity contribution in [3.63, 3.8) is 0 Å². The van der Waals surface area contributed by atoms with Crippen molar-refractivity contribution in [3.8, 4) is 17.2 Å². The number of carbonyl (C=O) groups excluding carboxylic acids is 1. The van der Waals surface area contributed by atoms with E-state index in [1.165, 1.54) is 5.56 Å². The zero-order chi connectivity index (χ0) is 19.3. The molecule has 1 atom stereocenters. The number of anilines is 1. The molecular weight excluding hydrogens is 330 g/mol. The maximum atomic E-state index is 12.5. The van der Waals surface area contributed by atoms with Crippen LogP contribution in [0.15, 0.2) is 42.5 Å². The summed E-state index contributed by atoms with van der Waals surface area (Å²) in [6.07, 6.45) is -0.661. The second-order valence-electron chi connectivity index (χ2n) is 7.09. The molecule has 0 aliphatic rings. The molecule has 5 heteroatoms. The number of hydrogen-bond acceptors (Lipinski definition) is 4. The molecule has 0 bridgehead atoms. The highest BCUT2D eigenvalue weighted by Gasteiger charge is 2.18. The fourth-order valence-corrected chi connectivity index (χ4v) is 2.44. The van der Waals surface area contributed by atoms with E-state index in [4.69, 9.17) is 14.2 Å². The van der Waals surface area contributed by atoms with Crippen molar-refractivity contribution in [1.29, 1.82) is 0 Å². The molecule has 2 aromatic rings. The first-order chi connectivity index (χ1) is 12.2. The summed E-state index contributed by atoms with van der Waals surface area (Å²) in [7, 11) is 3.12. The molecule has 1 N–H and O–H groups in total. The number of carbonyl (C=O) groups is 1. The lowest BCUT2D eigenvalue weighted by atomic mass is 9.87. The van der Waals surface area contributed by atoms with Crippen molar-refractivity contribution in [1.82, 2.24) is 0 Å². The lowest BCUT2D eigenvalue weighted by Crippen LogP contribution is -2.30. The van der Waals surface area contributed by atoms with E-state index in [0.29, 0.717) is 22.9 Å². The van der Waals surface area contributed by atoms with Crippen LogP contribution in [0.2, 0.25) is 0 Å². The quantitative estimate of drug-likeness (QED) is 0.832. The third-order valence-electron chi connectivity index (χ3n) is 4.07. The predicted octanol–water partition coefficient (Wildman–Crippen LogP) is 4.41. The Labute approximate surface area is 155 Å². The largest absolute Gasteiger partial charge is 0.497 e. The summed E-state index contributed by atoms with van der Waals surface area (Å²) in [4.78, 5) is 12.5. The molecule has 0 radical (unpaired) electrons. The molecule has 2 rings (SSSR count). The molecule has 0 fully saturated rings. The van der Waals surface area contributed by atoms with Crippen molar-refractivity contribution in [2.24, 2.45) is 0 Å². The van der Waals surface area contributed by atoms with Gasteiger partial charge in [-0.2, -0.15) is 0 Å². The summed E-state index contributed by atoms with van der Waals surface area (Å²) in [5.41, 5.74) is 1.82. The van der Waals surface area contributed by atoms with Crippen LogP contribution in [-0.2, 0) is 10.2 Å². The van der Waals surface area contributed by atoms with Gasteiger partial charge in [-0.3, -0.25) is 4.79 Å². The average Bonchev–Trinajstić information content (AvgIpc) is 2.61. The second-order valence-corrected chi connectivity index (χ2v) is 7.09. The molecule has 0 saturated heterocycles. The second kappa shape index (κ2) is 8.13. The third-order valence-corrected chi connectivity index (χ3v) is 4.07. The number of ether oxygens (including phenoxy) is 3. The van der Waals surface area contributed by atoms with Gasteiger partial charge in [-0.05, 0) is 42.2 Å². The SMILES string of the molecule is COc1ccc(OC)c(NC(=O)[C@@H](C)Oc2ccc(C(C)(C)C)cc2)c1. The van der Waals surface area contributed by atoms with Gasteiger partial charge in [0.25, 0.3) is 5.91 Å². The van der Waals surface area contributed by atoms with Gasteiger partial charge >= 0.3 is 0 Å². The van der Waals surface area contributed by atoms with E-state index in [-0.39, 0.29) is 11.3 Å². The molecule has 0 heterocycles. The van der Waals surface area contributed by atoms with Gasteiger partial charge in [0.15, 0.2) is 6.10 Å². The molecule has 1 amide bonds. The standard InChI is InChI=1S/C21H27NO4/c1-14(26-16-9-7-15(8-10-16)21(2,3)4)20(23)22-18-13-17(24-5)11-12-19(18)25-6/h7-14H,1-6H3,(H,22,23)/t14-/m1/s1. The van der Waals surface area contributed by atoms with Crippen molar-refractivity contribution < 1.29 is 19.0 Å². The lowest BCUT2D eigenvalue weighted by molar-refractivity contribution is -0.122. The van der Waals surface area contributed by atoms with Crippen LogP contribution in [0, 0.1) is 0 Å². The van der Waals surface area contributed by atoms with Crippen LogP contribution >= 0.6 is 0 Å². The van der Waals surface area contributed by atoms with Gasteiger partial charge in [0.05, 0.1) is 19.9 Å². The fraction of sp³-hybridized carbons (Fsp3) is 0.381. The third kappa shape index (κ3) is 4.91. The summed E-state index contributed by atoms with van der Waals surface area (Å²) in [6.45, 7) is 8.17. The Bertz CT molecular complexity index is 748. The number of hydrogen-bond donors (Lipinski definition) is 1. The number of nitrogens with one attached hydrogen (secondary N) is 1. The molecule has 26 heavy (non-hydrogen) atoms. The molecule has 0 spiro atoms. The Morgan fingerprint density at radius 2 is 1.58 bits per heavy atom. The van der Waals surface area contributed by atoms with Crippen LogP contribution in [-0.4, -0.2) is 26.2 Å². The molecule has 2 aromatic carbocycles. The number of methoxy groups -OCH3 is 2. The molecule has 0 aromatic heterocycles. The van der Waals surface area contributed by atoms with Crippen molar-refractivity contribution in [2.75, 3.05) is 19.5 Å². The van der Waals surface area contributed by atoms with Crippen LogP contribution in [0.25, 0.3) is 0 Å². The monoisotopic (exact) mass is 357 g/mol. The molecule has 0 aliphatic carbocycles. The first kappa shape index (κ1) is 19.6. The molecule has 0 unspecified atom stereocenters. The molecular formula is C21H27NO4.